The number of fused-ring (bicyclic) bond motifs is 1. The molecule has 1 aromatic rings. The van der Waals surface area contributed by atoms with Crippen molar-refractivity contribution in [2.24, 2.45) is 17.8 Å². The summed E-state index contributed by atoms with van der Waals surface area (Å²) in [6, 6.07) is 8.34. The summed E-state index contributed by atoms with van der Waals surface area (Å²) in [6.45, 7) is 5.60. The lowest BCUT2D eigenvalue weighted by atomic mass is 9.70. The van der Waals surface area contributed by atoms with E-state index in [1.807, 2.05) is 6.07 Å². The fraction of sp³-hybridized carbons (Fsp3) is 0.655. The second-order valence-electron chi connectivity index (χ2n) is 10.6. The molecule has 2 heterocycles. The van der Waals surface area contributed by atoms with E-state index in [1.165, 1.54) is 12.0 Å². The largest absolute Gasteiger partial charge is 0.466 e. The first-order chi connectivity index (χ1) is 18.8. The third-order valence-corrected chi connectivity index (χ3v) is 8.27. The lowest BCUT2D eigenvalue weighted by Gasteiger charge is -2.49. The summed E-state index contributed by atoms with van der Waals surface area (Å²) < 4.78 is 21.5. The molecule has 2 saturated heterocycles. The third kappa shape index (κ3) is 6.90. The van der Waals surface area contributed by atoms with Crippen LogP contribution < -0.4 is 0 Å². The summed E-state index contributed by atoms with van der Waals surface area (Å²) in [5.74, 6) is -1.00. The van der Waals surface area contributed by atoms with Gasteiger partial charge >= 0.3 is 24.0 Å². The van der Waals surface area contributed by atoms with Gasteiger partial charge in [0.1, 0.15) is 12.1 Å². The molecule has 0 radical (unpaired) electrons. The number of ether oxygens (including phenoxy) is 4. The second kappa shape index (κ2) is 13.3. The SMILES string of the molecule is CCOC(=O)C1CC2C[C@@H](N3C[C@H](OC(=O)c4ccccc4)C[C@@H](C(=O)OCC)C3)CC[C@H]2CN1C(=O)OC. The van der Waals surface area contributed by atoms with Gasteiger partial charge in [-0.15, -0.1) is 0 Å². The molecule has 2 aliphatic heterocycles. The molecule has 3 fully saturated rings. The topological polar surface area (TPSA) is 112 Å². The normalized spacial score (nSPS) is 29.1. The molecule has 2 unspecified atom stereocenters. The minimum atomic E-state index is -0.675. The van der Waals surface area contributed by atoms with Gasteiger partial charge in [-0.05, 0) is 63.5 Å². The van der Waals surface area contributed by atoms with Crippen molar-refractivity contribution in [2.75, 3.05) is 40.0 Å². The average molecular weight is 545 g/mol. The molecule has 214 valence electrons. The smallest absolute Gasteiger partial charge is 0.410 e. The fourth-order valence-electron chi connectivity index (χ4n) is 6.43. The number of carbonyl (C=O) groups is 4. The molecule has 0 aromatic heterocycles. The van der Waals surface area contributed by atoms with E-state index in [2.05, 4.69) is 4.90 Å². The Kier molecular flexibility index (Phi) is 9.83. The maximum absolute atomic E-state index is 12.8. The van der Waals surface area contributed by atoms with Crippen LogP contribution in [0, 0.1) is 17.8 Å². The van der Waals surface area contributed by atoms with Crippen molar-refractivity contribution in [1.82, 2.24) is 9.80 Å². The molecule has 3 aliphatic rings. The Morgan fingerprint density at radius 3 is 2.26 bits per heavy atom. The quantitative estimate of drug-likeness (QED) is 0.377. The number of nitrogens with zero attached hydrogens (tertiary/aromatic N) is 2. The highest BCUT2D eigenvalue weighted by atomic mass is 16.6. The van der Waals surface area contributed by atoms with E-state index < -0.39 is 36.1 Å². The molecule has 1 amide bonds. The number of hydrogen-bond donors (Lipinski definition) is 0. The molecule has 10 nitrogen and oxygen atoms in total. The van der Waals surface area contributed by atoms with Crippen molar-refractivity contribution in [3.8, 4) is 0 Å². The maximum atomic E-state index is 12.8. The van der Waals surface area contributed by atoms with Gasteiger partial charge in [-0.3, -0.25) is 14.6 Å². The van der Waals surface area contributed by atoms with Crippen LogP contribution in [-0.2, 0) is 28.5 Å². The van der Waals surface area contributed by atoms with E-state index in [1.54, 1.807) is 38.1 Å². The van der Waals surface area contributed by atoms with Crippen molar-refractivity contribution in [3.05, 3.63) is 35.9 Å². The summed E-state index contributed by atoms with van der Waals surface area (Å²) in [5.41, 5.74) is 0.477. The minimum absolute atomic E-state index is 0.161. The van der Waals surface area contributed by atoms with Crippen LogP contribution in [0.1, 0.15) is 56.3 Å². The molecule has 10 heteroatoms. The van der Waals surface area contributed by atoms with E-state index >= 15 is 0 Å². The van der Waals surface area contributed by atoms with Crippen LogP contribution in [0.15, 0.2) is 30.3 Å². The van der Waals surface area contributed by atoms with Gasteiger partial charge in [0.25, 0.3) is 0 Å². The van der Waals surface area contributed by atoms with Gasteiger partial charge in [-0.1, -0.05) is 18.2 Å². The van der Waals surface area contributed by atoms with Crippen molar-refractivity contribution >= 4 is 24.0 Å². The van der Waals surface area contributed by atoms with Gasteiger partial charge in [-0.25, -0.2) is 14.4 Å². The molecule has 1 aliphatic carbocycles. The van der Waals surface area contributed by atoms with Crippen LogP contribution in [0.5, 0.6) is 0 Å². The summed E-state index contributed by atoms with van der Waals surface area (Å²) in [7, 11) is 1.32. The third-order valence-electron chi connectivity index (χ3n) is 8.27. The first-order valence-corrected chi connectivity index (χ1v) is 14.0. The number of likely N-dealkylation sites (tertiary alicyclic amines) is 2. The molecular weight excluding hydrogens is 504 g/mol. The van der Waals surface area contributed by atoms with Crippen LogP contribution in [0.3, 0.4) is 0 Å². The van der Waals surface area contributed by atoms with Gasteiger partial charge < -0.3 is 18.9 Å². The molecule has 6 atom stereocenters. The van der Waals surface area contributed by atoms with Gasteiger partial charge in [0, 0.05) is 32.1 Å². The van der Waals surface area contributed by atoms with E-state index in [9.17, 15) is 19.2 Å². The van der Waals surface area contributed by atoms with Gasteiger partial charge in [0.05, 0.1) is 31.8 Å². The summed E-state index contributed by atoms with van der Waals surface area (Å²) >= 11 is 0. The lowest BCUT2D eigenvalue weighted by Crippen LogP contribution is -2.58. The summed E-state index contributed by atoms with van der Waals surface area (Å²) in [5, 5.41) is 0. The van der Waals surface area contributed by atoms with Crippen LogP contribution in [0.25, 0.3) is 0 Å². The van der Waals surface area contributed by atoms with Crippen LogP contribution in [-0.4, -0.2) is 91.9 Å². The Hall–Kier alpha value is -3.14. The molecule has 4 rings (SSSR count). The Bertz CT molecular complexity index is 1020. The number of piperidine rings is 2. The highest BCUT2D eigenvalue weighted by Gasteiger charge is 2.47. The number of esters is 3. The number of benzene rings is 1. The van der Waals surface area contributed by atoms with Crippen molar-refractivity contribution in [2.45, 2.75) is 64.1 Å². The molecule has 1 saturated carbocycles. The summed E-state index contributed by atoms with van der Waals surface area (Å²) in [4.78, 5) is 54.6. The van der Waals surface area contributed by atoms with E-state index in [4.69, 9.17) is 18.9 Å². The number of hydrogen-bond acceptors (Lipinski definition) is 9. The Morgan fingerprint density at radius 2 is 1.56 bits per heavy atom. The molecule has 0 bridgehead atoms. The van der Waals surface area contributed by atoms with E-state index in [0.717, 1.165) is 19.3 Å². The zero-order valence-corrected chi connectivity index (χ0v) is 23.1. The number of amides is 1. The van der Waals surface area contributed by atoms with E-state index in [-0.39, 0.29) is 30.5 Å². The average Bonchev–Trinajstić information content (AvgIpc) is 2.96. The zero-order valence-electron chi connectivity index (χ0n) is 23.1. The van der Waals surface area contributed by atoms with E-state index in [0.29, 0.717) is 44.6 Å². The monoisotopic (exact) mass is 544 g/mol. The van der Waals surface area contributed by atoms with Crippen LogP contribution >= 0.6 is 0 Å². The second-order valence-corrected chi connectivity index (χ2v) is 10.6. The number of carbonyl (C=O) groups excluding carboxylic acids is 4. The molecule has 0 N–H and O–H groups in total. The maximum Gasteiger partial charge on any atom is 0.410 e. The predicted octanol–water partition coefficient (Wildman–Crippen LogP) is 3.29. The Balaban J connectivity index is 1.47. The molecular formula is C29H40N2O8. The zero-order chi connectivity index (χ0) is 27.9. The Morgan fingerprint density at radius 1 is 0.846 bits per heavy atom. The highest BCUT2D eigenvalue weighted by Crippen LogP contribution is 2.41. The van der Waals surface area contributed by atoms with Crippen LogP contribution in [0.4, 0.5) is 4.79 Å². The van der Waals surface area contributed by atoms with Crippen molar-refractivity contribution < 1.29 is 38.1 Å². The first-order valence-electron chi connectivity index (χ1n) is 14.0. The highest BCUT2D eigenvalue weighted by molar-refractivity contribution is 5.89. The van der Waals surface area contributed by atoms with Gasteiger partial charge in [0.15, 0.2) is 0 Å². The first kappa shape index (κ1) is 28.9. The standard InChI is InChI=1S/C29H40N2O8/c1-4-37-26(32)22-14-24(39-27(33)19-9-7-6-8-10-19)18-30(16-22)23-12-11-20-17-31(29(35)36-3)25(15-21(20)13-23)28(34)38-5-2/h6-10,20-25H,4-5,11-18H2,1-3H3/t20-,21?,22+,23-,24+,25?/m0/s1. The molecule has 1 aromatic carbocycles. The summed E-state index contributed by atoms with van der Waals surface area (Å²) in [6.07, 6.45) is 2.58. The lowest BCUT2D eigenvalue weighted by molar-refractivity contribution is -0.155. The fourth-order valence-corrected chi connectivity index (χ4v) is 6.43. The molecule has 0 spiro atoms. The number of rotatable bonds is 7. The van der Waals surface area contributed by atoms with Crippen molar-refractivity contribution in [3.63, 3.8) is 0 Å². The number of methoxy groups -OCH3 is 1. The van der Waals surface area contributed by atoms with Crippen LogP contribution in [0.2, 0.25) is 0 Å². The van der Waals surface area contributed by atoms with Gasteiger partial charge in [0.2, 0.25) is 0 Å². The van der Waals surface area contributed by atoms with Gasteiger partial charge in [-0.2, -0.15) is 0 Å². The Labute approximate surface area is 229 Å². The van der Waals surface area contributed by atoms with Crippen molar-refractivity contribution in [1.29, 1.82) is 0 Å². The minimum Gasteiger partial charge on any atom is -0.466 e. The molecule has 39 heavy (non-hydrogen) atoms. The predicted molar refractivity (Wildman–Crippen MR) is 141 cm³/mol.